The highest BCUT2D eigenvalue weighted by Gasteiger charge is 2.06. The quantitative estimate of drug-likeness (QED) is 0.528. The number of rotatable bonds is 4. The molecule has 0 saturated heterocycles. The van der Waals surface area contributed by atoms with E-state index in [-0.39, 0.29) is 11.3 Å². The standard InChI is InChI=1S/C9H11NO3S/c1-2-14-10-7-5-6(9(12)13)3-4-8(7)11/h3-5,10-11H,2H2,1H3,(H,12,13). The zero-order chi connectivity index (χ0) is 10.6. The maximum atomic E-state index is 10.6. The molecule has 76 valence electrons. The molecule has 0 spiro atoms. The Morgan fingerprint density at radius 2 is 2.29 bits per heavy atom. The van der Waals surface area contributed by atoms with Crippen molar-refractivity contribution in [1.82, 2.24) is 0 Å². The van der Waals surface area contributed by atoms with Crippen LogP contribution in [0.4, 0.5) is 5.69 Å². The Labute approximate surface area is 86.1 Å². The summed E-state index contributed by atoms with van der Waals surface area (Å²) in [5, 5.41) is 18.1. The number of aromatic carboxylic acids is 1. The van der Waals surface area contributed by atoms with Gasteiger partial charge < -0.3 is 14.9 Å². The summed E-state index contributed by atoms with van der Waals surface area (Å²) >= 11 is 1.39. The fourth-order valence-electron chi connectivity index (χ4n) is 0.901. The lowest BCUT2D eigenvalue weighted by atomic mass is 10.2. The second-order valence-electron chi connectivity index (χ2n) is 2.57. The Morgan fingerprint density at radius 1 is 1.57 bits per heavy atom. The van der Waals surface area contributed by atoms with Crippen molar-refractivity contribution in [2.24, 2.45) is 0 Å². The van der Waals surface area contributed by atoms with Crippen molar-refractivity contribution in [3.63, 3.8) is 0 Å². The predicted octanol–water partition coefficient (Wildman–Crippen LogP) is 2.17. The lowest BCUT2D eigenvalue weighted by Crippen LogP contribution is -1.97. The molecule has 0 unspecified atom stereocenters. The van der Waals surface area contributed by atoms with Crippen LogP contribution in [0.2, 0.25) is 0 Å². The Balaban J connectivity index is 2.90. The molecule has 0 aliphatic rings. The zero-order valence-electron chi connectivity index (χ0n) is 7.65. The number of anilines is 1. The summed E-state index contributed by atoms with van der Waals surface area (Å²) in [5.41, 5.74) is 0.582. The molecule has 1 aromatic carbocycles. The highest BCUT2D eigenvalue weighted by molar-refractivity contribution is 8.00. The molecule has 0 atom stereocenters. The molecule has 3 N–H and O–H groups in total. The number of hydrogen-bond donors (Lipinski definition) is 3. The number of nitrogens with one attached hydrogen (secondary N) is 1. The minimum atomic E-state index is -1.01. The molecule has 0 aliphatic carbocycles. The van der Waals surface area contributed by atoms with E-state index < -0.39 is 5.97 Å². The van der Waals surface area contributed by atoms with Crippen molar-refractivity contribution < 1.29 is 15.0 Å². The van der Waals surface area contributed by atoms with Gasteiger partial charge in [-0.15, -0.1) is 0 Å². The molecule has 0 bridgehead atoms. The number of carboxylic acids is 1. The minimum absolute atomic E-state index is 0.0518. The number of phenolic OH excluding ortho intramolecular Hbond substituents is 1. The largest absolute Gasteiger partial charge is 0.506 e. The maximum Gasteiger partial charge on any atom is 0.335 e. The monoisotopic (exact) mass is 213 g/mol. The van der Waals surface area contributed by atoms with Gasteiger partial charge in [-0.05, 0) is 18.2 Å². The van der Waals surface area contributed by atoms with E-state index in [1.807, 2.05) is 6.92 Å². The van der Waals surface area contributed by atoms with E-state index in [0.29, 0.717) is 5.69 Å². The summed E-state index contributed by atoms with van der Waals surface area (Å²) in [6.07, 6.45) is 0. The van der Waals surface area contributed by atoms with Crippen molar-refractivity contribution in [2.45, 2.75) is 6.92 Å². The SMILES string of the molecule is CCSNc1cc(C(=O)O)ccc1O. The van der Waals surface area contributed by atoms with E-state index in [1.54, 1.807) is 0 Å². The molecule has 4 nitrogen and oxygen atoms in total. The van der Waals surface area contributed by atoms with Gasteiger partial charge in [-0.25, -0.2) is 4.79 Å². The highest BCUT2D eigenvalue weighted by atomic mass is 32.2. The first-order valence-electron chi connectivity index (χ1n) is 4.09. The molecule has 14 heavy (non-hydrogen) atoms. The number of benzene rings is 1. The van der Waals surface area contributed by atoms with E-state index in [4.69, 9.17) is 5.11 Å². The first-order valence-corrected chi connectivity index (χ1v) is 5.07. The zero-order valence-corrected chi connectivity index (χ0v) is 8.47. The molecular formula is C9H11NO3S. The Bertz CT molecular complexity index is 341. The van der Waals surface area contributed by atoms with E-state index >= 15 is 0 Å². The first kappa shape index (κ1) is 10.7. The molecule has 0 saturated carbocycles. The fourth-order valence-corrected chi connectivity index (χ4v) is 1.36. The molecule has 1 rings (SSSR count). The smallest absolute Gasteiger partial charge is 0.335 e. The summed E-state index contributed by atoms with van der Waals surface area (Å²) in [6, 6.07) is 4.13. The third-order valence-electron chi connectivity index (χ3n) is 1.57. The summed E-state index contributed by atoms with van der Waals surface area (Å²) in [7, 11) is 0. The Kier molecular flexibility index (Phi) is 3.64. The lowest BCUT2D eigenvalue weighted by molar-refractivity contribution is 0.0697. The number of aromatic hydroxyl groups is 1. The van der Waals surface area contributed by atoms with Crippen LogP contribution in [0.15, 0.2) is 18.2 Å². The number of carboxylic acid groups (broad SMARTS) is 1. The van der Waals surface area contributed by atoms with Gasteiger partial charge in [0, 0.05) is 5.75 Å². The first-order chi connectivity index (χ1) is 6.65. The van der Waals surface area contributed by atoms with Crippen LogP contribution in [-0.2, 0) is 0 Å². The van der Waals surface area contributed by atoms with Gasteiger partial charge >= 0.3 is 5.97 Å². The number of hydrogen-bond acceptors (Lipinski definition) is 4. The van der Waals surface area contributed by atoms with Gasteiger partial charge in [0.1, 0.15) is 5.75 Å². The molecule has 5 heteroatoms. The average Bonchev–Trinajstić information content (AvgIpc) is 2.16. The second-order valence-corrected chi connectivity index (χ2v) is 3.64. The number of phenols is 1. The molecule has 0 radical (unpaired) electrons. The van der Waals surface area contributed by atoms with E-state index in [0.717, 1.165) is 5.75 Å². The van der Waals surface area contributed by atoms with Gasteiger partial charge in [-0.3, -0.25) is 0 Å². The van der Waals surface area contributed by atoms with Crippen molar-refractivity contribution in [3.8, 4) is 5.75 Å². The molecule has 1 aromatic rings. The topological polar surface area (TPSA) is 69.6 Å². The summed E-state index contributed by atoms with van der Waals surface area (Å²) in [6.45, 7) is 1.95. The van der Waals surface area contributed by atoms with Gasteiger partial charge in [-0.1, -0.05) is 18.9 Å². The average molecular weight is 213 g/mol. The van der Waals surface area contributed by atoms with Crippen LogP contribution in [0, 0.1) is 0 Å². The van der Waals surface area contributed by atoms with E-state index in [9.17, 15) is 9.90 Å². The van der Waals surface area contributed by atoms with E-state index in [2.05, 4.69) is 4.72 Å². The van der Waals surface area contributed by atoms with Crippen molar-refractivity contribution in [2.75, 3.05) is 10.5 Å². The van der Waals surface area contributed by atoms with Crippen LogP contribution in [0.5, 0.6) is 5.75 Å². The van der Waals surface area contributed by atoms with Crippen LogP contribution in [-0.4, -0.2) is 21.9 Å². The second kappa shape index (κ2) is 4.76. The van der Waals surface area contributed by atoms with E-state index in [1.165, 1.54) is 30.1 Å². The molecule has 0 heterocycles. The summed E-state index contributed by atoms with van der Waals surface area (Å²) in [4.78, 5) is 10.6. The lowest BCUT2D eigenvalue weighted by Gasteiger charge is -2.06. The van der Waals surface area contributed by atoms with Crippen LogP contribution >= 0.6 is 11.9 Å². The normalized spacial score (nSPS) is 9.79. The van der Waals surface area contributed by atoms with Gasteiger partial charge in [0.2, 0.25) is 0 Å². The van der Waals surface area contributed by atoms with Crippen molar-refractivity contribution in [1.29, 1.82) is 0 Å². The van der Waals surface area contributed by atoms with Crippen molar-refractivity contribution in [3.05, 3.63) is 23.8 Å². The third kappa shape index (κ3) is 2.56. The van der Waals surface area contributed by atoms with Crippen LogP contribution in [0.25, 0.3) is 0 Å². The van der Waals surface area contributed by atoms with Crippen molar-refractivity contribution >= 4 is 23.6 Å². The maximum absolute atomic E-state index is 10.6. The highest BCUT2D eigenvalue weighted by Crippen LogP contribution is 2.26. The summed E-state index contributed by atoms with van der Waals surface area (Å²) < 4.78 is 2.86. The number of carbonyl (C=O) groups is 1. The van der Waals surface area contributed by atoms with Crippen LogP contribution < -0.4 is 4.72 Å². The molecule has 0 aliphatic heterocycles. The predicted molar refractivity (Wildman–Crippen MR) is 56.8 cm³/mol. The fraction of sp³-hybridized carbons (Fsp3) is 0.222. The molecular weight excluding hydrogens is 202 g/mol. The van der Waals surface area contributed by atoms with Crippen LogP contribution in [0.3, 0.4) is 0 Å². The molecule has 0 aromatic heterocycles. The minimum Gasteiger partial charge on any atom is -0.506 e. The summed E-state index contributed by atoms with van der Waals surface area (Å²) in [5.74, 6) is -0.123. The Hall–Kier alpha value is -1.36. The molecule has 0 fully saturated rings. The molecule has 0 amide bonds. The Morgan fingerprint density at radius 3 is 2.86 bits per heavy atom. The van der Waals surface area contributed by atoms with Gasteiger partial charge in [0.05, 0.1) is 11.3 Å². The van der Waals surface area contributed by atoms with Gasteiger partial charge in [0.25, 0.3) is 0 Å². The van der Waals surface area contributed by atoms with Crippen LogP contribution in [0.1, 0.15) is 17.3 Å². The van der Waals surface area contributed by atoms with Gasteiger partial charge in [-0.2, -0.15) is 0 Å². The third-order valence-corrected chi connectivity index (χ3v) is 2.22. The van der Waals surface area contributed by atoms with Gasteiger partial charge in [0.15, 0.2) is 0 Å².